The number of benzene rings is 3. The van der Waals surface area contributed by atoms with Crippen LogP contribution in [0, 0.1) is 0 Å². The second-order valence-corrected chi connectivity index (χ2v) is 6.20. The van der Waals surface area contributed by atoms with Gasteiger partial charge in [-0.3, -0.25) is 0 Å². The second-order valence-electron chi connectivity index (χ2n) is 5.89. The lowest BCUT2D eigenvalue weighted by Gasteiger charge is -2.15. The summed E-state index contributed by atoms with van der Waals surface area (Å²) in [4.78, 5) is 0. The van der Waals surface area contributed by atoms with Crippen LogP contribution in [0.15, 0.2) is 60.7 Å². The van der Waals surface area contributed by atoms with Crippen molar-refractivity contribution in [3.63, 3.8) is 0 Å². The molecule has 0 fully saturated rings. The molecule has 4 rings (SSSR count). The number of halogens is 1. The van der Waals surface area contributed by atoms with Crippen LogP contribution in [0.3, 0.4) is 0 Å². The fraction of sp³-hybridized carbons (Fsp3) is 0.200. The van der Waals surface area contributed by atoms with Gasteiger partial charge in [-0.2, -0.15) is 0 Å². The molecule has 1 atom stereocenters. The van der Waals surface area contributed by atoms with Crippen molar-refractivity contribution in [1.82, 2.24) is 0 Å². The van der Waals surface area contributed by atoms with Crippen LogP contribution in [0.1, 0.15) is 17.0 Å². The predicted molar refractivity (Wildman–Crippen MR) is 96.7 cm³/mol. The third-order valence-corrected chi connectivity index (χ3v) is 4.79. The third-order valence-electron chi connectivity index (χ3n) is 4.42. The van der Waals surface area contributed by atoms with Gasteiger partial charge in [-0.25, -0.2) is 0 Å². The van der Waals surface area contributed by atoms with Crippen LogP contribution in [0.4, 0.5) is 5.69 Å². The van der Waals surface area contributed by atoms with Gasteiger partial charge in [0.15, 0.2) is 0 Å². The van der Waals surface area contributed by atoms with Crippen LogP contribution in [-0.4, -0.2) is 12.4 Å². The molecule has 0 saturated carbocycles. The molecule has 0 bridgehead atoms. The number of ether oxygens (including phenoxy) is 1. The van der Waals surface area contributed by atoms with Gasteiger partial charge in [0.1, 0.15) is 12.4 Å². The van der Waals surface area contributed by atoms with Crippen molar-refractivity contribution in [1.29, 1.82) is 0 Å². The highest BCUT2D eigenvalue weighted by molar-refractivity contribution is 6.18. The Morgan fingerprint density at radius 2 is 1.74 bits per heavy atom. The van der Waals surface area contributed by atoms with E-state index >= 15 is 0 Å². The van der Waals surface area contributed by atoms with E-state index in [4.69, 9.17) is 16.3 Å². The lowest BCUT2D eigenvalue weighted by Crippen LogP contribution is -2.02. The maximum atomic E-state index is 6.15. The summed E-state index contributed by atoms with van der Waals surface area (Å²) in [6, 6.07) is 20.8. The fourth-order valence-corrected chi connectivity index (χ4v) is 3.54. The van der Waals surface area contributed by atoms with Crippen molar-refractivity contribution in [2.75, 3.05) is 17.7 Å². The molecule has 0 spiro atoms. The zero-order chi connectivity index (χ0) is 15.6. The first-order valence-corrected chi connectivity index (χ1v) is 8.42. The molecular formula is C20H18ClNO. The van der Waals surface area contributed by atoms with Gasteiger partial charge in [0.2, 0.25) is 0 Å². The van der Waals surface area contributed by atoms with Crippen LogP contribution in [0.2, 0.25) is 0 Å². The highest BCUT2D eigenvalue weighted by atomic mass is 35.5. The molecule has 3 aromatic carbocycles. The molecule has 0 radical (unpaired) electrons. The Bertz CT molecular complexity index is 832. The van der Waals surface area contributed by atoms with E-state index in [0.29, 0.717) is 18.4 Å². The van der Waals surface area contributed by atoms with Gasteiger partial charge >= 0.3 is 0 Å². The molecule has 116 valence electrons. The standard InChI is InChI=1S/C20H18ClNO/c21-11-15-12-22-18-10-19(23-13-14-6-2-1-3-7-14)16-8-4-5-9-17(16)20(15)18/h1-10,15,22H,11-13H2. The molecule has 3 heteroatoms. The number of rotatable bonds is 4. The van der Waals surface area contributed by atoms with Gasteiger partial charge < -0.3 is 10.1 Å². The van der Waals surface area contributed by atoms with Gasteiger partial charge in [-0.15, -0.1) is 11.6 Å². The Morgan fingerprint density at radius 1 is 1.00 bits per heavy atom. The first kappa shape index (κ1) is 14.4. The summed E-state index contributed by atoms with van der Waals surface area (Å²) in [6.07, 6.45) is 0. The first-order chi connectivity index (χ1) is 11.4. The third kappa shape index (κ3) is 2.64. The van der Waals surface area contributed by atoms with E-state index in [0.717, 1.165) is 23.4 Å². The number of fused-ring (bicyclic) bond motifs is 3. The van der Waals surface area contributed by atoms with E-state index in [1.807, 2.05) is 18.2 Å². The predicted octanol–water partition coefficient (Wildman–Crippen LogP) is 5.17. The number of anilines is 1. The summed E-state index contributed by atoms with van der Waals surface area (Å²) in [5.41, 5.74) is 3.64. The molecule has 0 saturated heterocycles. The smallest absolute Gasteiger partial charge is 0.129 e. The molecule has 0 aromatic heterocycles. The van der Waals surface area contributed by atoms with Crippen LogP contribution >= 0.6 is 11.6 Å². The molecule has 0 amide bonds. The van der Waals surface area contributed by atoms with E-state index in [9.17, 15) is 0 Å². The summed E-state index contributed by atoms with van der Waals surface area (Å²) in [6.45, 7) is 1.47. The molecule has 1 aliphatic heterocycles. The van der Waals surface area contributed by atoms with Crippen LogP contribution < -0.4 is 10.1 Å². The summed E-state index contributed by atoms with van der Waals surface area (Å²) in [7, 11) is 0. The number of nitrogens with one attached hydrogen (secondary N) is 1. The average molecular weight is 324 g/mol. The topological polar surface area (TPSA) is 21.3 Å². The maximum Gasteiger partial charge on any atom is 0.129 e. The Labute approximate surface area is 141 Å². The average Bonchev–Trinajstić information content (AvgIpc) is 3.04. The zero-order valence-corrected chi connectivity index (χ0v) is 13.5. The number of alkyl halides is 1. The Balaban J connectivity index is 1.75. The molecule has 0 aliphatic carbocycles. The molecule has 2 nitrogen and oxygen atoms in total. The molecule has 1 heterocycles. The summed E-state index contributed by atoms with van der Waals surface area (Å²) < 4.78 is 6.13. The van der Waals surface area contributed by atoms with Gasteiger partial charge in [-0.1, -0.05) is 54.6 Å². The fourth-order valence-electron chi connectivity index (χ4n) is 3.27. The van der Waals surface area contributed by atoms with E-state index in [-0.39, 0.29) is 0 Å². The second kappa shape index (κ2) is 6.13. The van der Waals surface area contributed by atoms with Gasteiger partial charge in [0.05, 0.1) is 0 Å². The largest absolute Gasteiger partial charge is 0.488 e. The van der Waals surface area contributed by atoms with Gasteiger partial charge in [-0.05, 0) is 16.5 Å². The van der Waals surface area contributed by atoms with Crippen molar-refractivity contribution in [2.45, 2.75) is 12.5 Å². The number of hydrogen-bond donors (Lipinski definition) is 1. The molecule has 1 N–H and O–H groups in total. The van der Waals surface area contributed by atoms with E-state index in [1.54, 1.807) is 0 Å². The maximum absolute atomic E-state index is 6.15. The van der Waals surface area contributed by atoms with Crippen LogP contribution in [0.25, 0.3) is 10.8 Å². The quantitative estimate of drug-likeness (QED) is 0.669. The molecule has 3 aromatic rings. The summed E-state index contributed by atoms with van der Waals surface area (Å²) >= 11 is 6.15. The van der Waals surface area contributed by atoms with Crippen molar-refractivity contribution in [2.24, 2.45) is 0 Å². The van der Waals surface area contributed by atoms with E-state index in [1.165, 1.54) is 16.5 Å². The Kier molecular flexibility index (Phi) is 3.84. The molecular weight excluding hydrogens is 306 g/mol. The van der Waals surface area contributed by atoms with E-state index in [2.05, 4.69) is 47.8 Å². The zero-order valence-electron chi connectivity index (χ0n) is 12.8. The minimum Gasteiger partial charge on any atom is -0.488 e. The minimum absolute atomic E-state index is 0.361. The lowest BCUT2D eigenvalue weighted by molar-refractivity contribution is 0.310. The monoisotopic (exact) mass is 323 g/mol. The highest BCUT2D eigenvalue weighted by Gasteiger charge is 2.25. The van der Waals surface area contributed by atoms with E-state index < -0.39 is 0 Å². The van der Waals surface area contributed by atoms with Gasteiger partial charge in [0.25, 0.3) is 0 Å². The van der Waals surface area contributed by atoms with Crippen LogP contribution in [0.5, 0.6) is 5.75 Å². The minimum atomic E-state index is 0.361. The van der Waals surface area contributed by atoms with Crippen molar-refractivity contribution < 1.29 is 4.74 Å². The Hall–Kier alpha value is -2.19. The van der Waals surface area contributed by atoms with Crippen molar-refractivity contribution >= 4 is 28.1 Å². The lowest BCUT2D eigenvalue weighted by atomic mass is 9.95. The van der Waals surface area contributed by atoms with Crippen molar-refractivity contribution in [3.05, 3.63) is 71.8 Å². The summed E-state index contributed by atoms with van der Waals surface area (Å²) in [5.74, 6) is 1.92. The number of hydrogen-bond acceptors (Lipinski definition) is 2. The Morgan fingerprint density at radius 3 is 2.52 bits per heavy atom. The van der Waals surface area contributed by atoms with Crippen LogP contribution in [-0.2, 0) is 6.61 Å². The molecule has 23 heavy (non-hydrogen) atoms. The van der Waals surface area contributed by atoms with Crippen molar-refractivity contribution in [3.8, 4) is 5.75 Å². The first-order valence-electron chi connectivity index (χ1n) is 7.89. The molecule has 1 unspecified atom stereocenters. The molecule has 1 aliphatic rings. The SMILES string of the molecule is ClCC1CNc2cc(OCc3ccccc3)c3ccccc3c21. The van der Waals surface area contributed by atoms with Gasteiger partial charge in [0, 0.05) is 35.5 Å². The highest BCUT2D eigenvalue weighted by Crippen LogP contribution is 2.42. The normalized spacial score (nSPS) is 16.1. The summed E-state index contributed by atoms with van der Waals surface area (Å²) in [5, 5.41) is 5.86.